The third-order valence-electron chi connectivity index (χ3n) is 5.75. The minimum Gasteiger partial charge on any atom is -0.369 e. The number of nitrogens with two attached hydrogens (primary N) is 1. The van der Waals surface area contributed by atoms with Gasteiger partial charge in [0.15, 0.2) is 0 Å². The van der Waals surface area contributed by atoms with Crippen LogP contribution in [0.5, 0.6) is 0 Å². The van der Waals surface area contributed by atoms with Crippen LogP contribution in [0.4, 0.5) is 0 Å². The van der Waals surface area contributed by atoms with Gasteiger partial charge in [-0.3, -0.25) is 9.69 Å². The second kappa shape index (κ2) is 8.21. The molecule has 0 aliphatic carbocycles. The van der Waals surface area contributed by atoms with E-state index >= 15 is 0 Å². The standard InChI is InChI=1S/C24H28N4O/c1-17-10-11-18(2)22(13-17)28-16-21(23(26-28)19-7-4-3-5-8-19)15-27-12-6-9-20(14-27)24(25)29/h3-5,7-8,10-11,13,16,20H,6,9,12,14-15H2,1-2H3,(H2,25,29). The first-order valence-electron chi connectivity index (χ1n) is 10.2. The Morgan fingerprint density at radius 3 is 2.72 bits per heavy atom. The van der Waals surface area contributed by atoms with Crippen molar-refractivity contribution in [2.75, 3.05) is 13.1 Å². The zero-order valence-corrected chi connectivity index (χ0v) is 17.1. The molecule has 1 unspecified atom stereocenters. The van der Waals surface area contributed by atoms with Crippen LogP contribution in [-0.4, -0.2) is 33.7 Å². The fourth-order valence-electron chi connectivity index (χ4n) is 4.13. The number of piperidine rings is 1. The summed E-state index contributed by atoms with van der Waals surface area (Å²) in [6.45, 7) is 6.67. The van der Waals surface area contributed by atoms with Gasteiger partial charge >= 0.3 is 0 Å². The second-order valence-electron chi connectivity index (χ2n) is 8.08. The number of amides is 1. The average molecular weight is 389 g/mol. The predicted molar refractivity (Wildman–Crippen MR) is 116 cm³/mol. The van der Waals surface area contributed by atoms with Gasteiger partial charge in [-0.25, -0.2) is 4.68 Å². The highest BCUT2D eigenvalue weighted by molar-refractivity contribution is 5.77. The third kappa shape index (κ3) is 4.25. The molecular weight excluding hydrogens is 360 g/mol. The summed E-state index contributed by atoms with van der Waals surface area (Å²) in [6, 6.07) is 16.7. The van der Waals surface area contributed by atoms with E-state index in [4.69, 9.17) is 10.8 Å². The minimum atomic E-state index is -0.191. The number of hydrogen-bond acceptors (Lipinski definition) is 3. The summed E-state index contributed by atoms with van der Waals surface area (Å²) in [7, 11) is 0. The Labute approximate surface area is 172 Å². The quantitative estimate of drug-likeness (QED) is 0.722. The smallest absolute Gasteiger partial charge is 0.221 e. The van der Waals surface area contributed by atoms with Crippen molar-refractivity contribution >= 4 is 5.91 Å². The van der Waals surface area contributed by atoms with Crippen molar-refractivity contribution in [3.05, 3.63) is 71.4 Å². The number of carbonyl (C=O) groups excluding carboxylic acids is 1. The number of aromatic nitrogens is 2. The Bertz CT molecular complexity index is 1010. The molecule has 3 aromatic rings. The van der Waals surface area contributed by atoms with Gasteiger partial charge in [-0.2, -0.15) is 5.10 Å². The van der Waals surface area contributed by atoms with Crippen molar-refractivity contribution < 1.29 is 4.79 Å². The van der Waals surface area contributed by atoms with Crippen LogP contribution in [0.15, 0.2) is 54.7 Å². The molecule has 2 aromatic carbocycles. The Kier molecular flexibility index (Phi) is 5.49. The maximum atomic E-state index is 11.7. The highest BCUT2D eigenvalue weighted by Gasteiger charge is 2.25. The number of benzene rings is 2. The lowest BCUT2D eigenvalue weighted by Gasteiger charge is -2.31. The van der Waals surface area contributed by atoms with Crippen LogP contribution in [0.2, 0.25) is 0 Å². The average Bonchev–Trinajstić information content (AvgIpc) is 3.14. The molecule has 2 N–H and O–H groups in total. The summed E-state index contributed by atoms with van der Waals surface area (Å²) in [5, 5.41) is 4.97. The number of likely N-dealkylation sites (tertiary alicyclic amines) is 1. The SMILES string of the molecule is Cc1ccc(C)c(-n2cc(CN3CCCC(C(N)=O)C3)c(-c3ccccc3)n2)c1. The van der Waals surface area contributed by atoms with Gasteiger partial charge in [0.2, 0.25) is 5.91 Å². The predicted octanol–water partition coefficient (Wildman–Crippen LogP) is 3.85. The van der Waals surface area contributed by atoms with Crippen molar-refractivity contribution in [1.82, 2.24) is 14.7 Å². The molecule has 2 heterocycles. The monoisotopic (exact) mass is 388 g/mol. The summed E-state index contributed by atoms with van der Waals surface area (Å²) in [5.74, 6) is -0.248. The largest absolute Gasteiger partial charge is 0.369 e. The maximum Gasteiger partial charge on any atom is 0.221 e. The molecule has 1 fully saturated rings. The molecule has 0 bridgehead atoms. The second-order valence-corrected chi connectivity index (χ2v) is 8.08. The molecule has 1 saturated heterocycles. The number of aryl methyl sites for hydroxylation is 2. The first-order chi connectivity index (χ1) is 14.0. The molecule has 1 aliphatic rings. The lowest BCUT2D eigenvalue weighted by molar-refractivity contribution is -0.123. The van der Waals surface area contributed by atoms with Crippen molar-refractivity contribution in [1.29, 1.82) is 0 Å². The molecule has 5 nitrogen and oxygen atoms in total. The molecule has 0 radical (unpaired) electrons. The third-order valence-corrected chi connectivity index (χ3v) is 5.75. The van der Waals surface area contributed by atoms with Gasteiger partial charge in [-0.05, 0) is 50.4 Å². The zero-order valence-electron chi connectivity index (χ0n) is 17.1. The molecular formula is C24H28N4O. The van der Waals surface area contributed by atoms with Crippen LogP contribution in [0.1, 0.15) is 29.5 Å². The fourth-order valence-corrected chi connectivity index (χ4v) is 4.13. The van der Waals surface area contributed by atoms with E-state index in [1.165, 1.54) is 16.7 Å². The van der Waals surface area contributed by atoms with Crippen LogP contribution in [-0.2, 0) is 11.3 Å². The van der Waals surface area contributed by atoms with Gasteiger partial charge in [0.05, 0.1) is 17.3 Å². The first-order valence-corrected chi connectivity index (χ1v) is 10.2. The van der Waals surface area contributed by atoms with Gasteiger partial charge < -0.3 is 5.73 Å². The summed E-state index contributed by atoms with van der Waals surface area (Å²) < 4.78 is 2.00. The molecule has 1 amide bonds. The van der Waals surface area contributed by atoms with E-state index in [2.05, 4.69) is 55.3 Å². The lowest BCUT2D eigenvalue weighted by atomic mass is 9.97. The summed E-state index contributed by atoms with van der Waals surface area (Å²) >= 11 is 0. The molecule has 0 saturated carbocycles. The Hall–Kier alpha value is -2.92. The van der Waals surface area contributed by atoms with Gasteiger partial charge in [0, 0.05) is 30.4 Å². The van der Waals surface area contributed by atoms with Crippen LogP contribution in [0.3, 0.4) is 0 Å². The van der Waals surface area contributed by atoms with Gasteiger partial charge in [0.1, 0.15) is 0 Å². The van der Waals surface area contributed by atoms with E-state index in [-0.39, 0.29) is 11.8 Å². The molecule has 1 aromatic heterocycles. The maximum absolute atomic E-state index is 11.7. The summed E-state index contributed by atoms with van der Waals surface area (Å²) in [4.78, 5) is 14.0. The van der Waals surface area contributed by atoms with E-state index in [1.54, 1.807) is 0 Å². The van der Waals surface area contributed by atoms with Crippen LogP contribution >= 0.6 is 0 Å². The number of hydrogen-bond donors (Lipinski definition) is 1. The van der Waals surface area contributed by atoms with E-state index in [0.717, 1.165) is 49.4 Å². The van der Waals surface area contributed by atoms with E-state index in [9.17, 15) is 4.79 Å². The molecule has 1 atom stereocenters. The lowest BCUT2D eigenvalue weighted by Crippen LogP contribution is -2.40. The van der Waals surface area contributed by atoms with E-state index < -0.39 is 0 Å². The van der Waals surface area contributed by atoms with Gasteiger partial charge in [-0.1, -0.05) is 42.5 Å². The Morgan fingerprint density at radius 2 is 1.97 bits per heavy atom. The zero-order chi connectivity index (χ0) is 20.4. The topological polar surface area (TPSA) is 64.2 Å². The van der Waals surface area contributed by atoms with Crippen molar-refractivity contribution in [3.8, 4) is 16.9 Å². The molecule has 29 heavy (non-hydrogen) atoms. The summed E-state index contributed by atoms with van der Waals surface area (Å²) in [6.07, 6.45) is 4.02. The van der Waals surface area contributed by atoms with Crippen LogP contribution < -0.4 is 5.73 Å². The first kappa shape index (κ1) is 19.4. The van der Waals surface area contributed by atoms with Gasteiger partial charge in [0.25, 0.3) is 0 Å². The number of nitrogens with zero attached hydrogens (tertiary/aromatic N) is 3. The molecule has 150 valence electrons. The van der Waals surface area contributed by atoms with Gasteiger partial charge in [-0.15, -0.1) is 0 Å². The number of primary amides is 1. The fraction of sp³-hybridized carbons (Fsp3) is 0.333. The van der Waals surface area contributed by atoms with Crippen molar-refractivity contribution in [2.24, 2.45) is 11.7 Å². The highest BCUT2D eigenvalue weighted by Crippen LogP contribution is 2.27. The van der Waals surface area contributed by atoms with Crippen LogP contribution in [0, 0.1) is 19.8 Å². The van der Waals surface area contributed by atoms with E-state index in [1.807, 2.05) is 22.9 Å². The van der Waals surface area contributed by atoms with Crippen molar-refractivity contribution in [3.63, 3.8) is 0 Å². The molecule has 4 rings (SSSR count). The molecule has 5 heteroatoms. The normalized spacial score (nSPS) is 17.4. The van der Waals surface area contributed by atoms with Crippen LogP contribution in [0.25, 0.3) is 16.9 Å². The van der Waals surface area contributed by atoms with E-state index in [0.29, 0.717) is 0 Å². The highest BCUT2D eigenvalue weighted by atomic mass is 16.1. The molecule has 0 spiro atoms. The van der Waals surface area contributed by atoms with Crippen molar-refractivity contribution in [2.45, 2.75) is 33.2 Å². The molecule has 1 aliphatic heterocycles. The Balaban J connectivity index is 1.71. The number of carbonyl (C=O) groups is 1. The summed E-state index contributed by atoms with van der Waals surface area (Å²) in [5.41, 5.74) is 12.3. The number of rotatable bonds is 5. The Morgan fingerprint density at radius 1 is 1.17 bits per heavy atom. The minimum absolute atomic E-state index is 0.0574.